The summed E-state index contributed by atoms with van der Waals surface area (Å²) in [4.78, 5) is 25.8. The van der Waals surface area contributed by atoms with Crippen LogP contribution in [0.25, 0.3) is 6.08 Å². The summed E-state index contributed by atoms with van der Waals surface area (Å²) in [5, 5.41) is 11.2. The maximum absolute atomic E-state index is 12.6. The van der Waals surface area contributed by atoms with Crippen molar-refractivity contribution < 1.29 is 14.3 Å². The first-order valence-electron chi connectivity index (χ1n) is 7.31. The highest BCUT2D eigenvalue weighted by Gasteiger charge is 2.34. The minimum absolute atomic E-state index is 0.117. The molecule has 1 fully saturated rings. The predicted octanol–water partition coefficient (Wildman–Crippen LogP) is 3.45. The molecule has 1 heterocycles. The molecule has 0 atom stereocenters. The third kappa shape index (κ3) is 3.54. The van der Waals surface area contributed by atoms with Crippen LogP contribution in [0.4, 0.5) is 10.5 Å². The zero-order valence-electron chi connectivity index (χ0n) is 12.9. The molecule has 3 rings (SSSR count). The lowest BCUT2D eigenvalue weighted by Crippen LogP contribution is -2.30. The Kier molecular flexibility index (Phi) is 4.82. The molecule has 7 heteroatoms. The average molecular weight is 398 g/mol. The SMILES string of the molecule is N#CCOc1ccc(Br)cc1/C=C1/NC(=O)N(c2ccccc2)C1=O. The van der Waals surface area contributed by atoms with Gasteiger partial charge < -0.3 is 10.1 Å². The number of benzene rings is 2. The second-order valence-corrected chi connectivity index (χ2v) is 6.01. The molecule has 0 aliphatic carbocycles. The van der Waals surface area contributed by atoms with Crippen LogP contribution in [0.3, 0.4) is 0 Å². The maximum Gasteiger partial charge on any atom is 0.333 e. The molecule has 6 nitrogen and oxygen atoms in total. The number of carbonyl (C=O) groups is 2. The van der Waals surface area contributed by atoms with Crippen LogP contribution >= 0.6 is 15.9 Å². The number of hydrogen-bond donors (Lipinski definition) is 1. The fourth-order valence-electron chi connectivity index (χ4n) is 2.38. The van der Waals surface area contributed by atoms with Crippen molar-refractivity contribution in [3.63, 3.8) is 0 Å². The van der Waals surface area contributed by atoms with Crippen LogP contribution in [0.15, 0.2) is 58.7 Å². The van der Waals surface area contributed by atoms with Crippen LogP contribution in [0.5, 0.6) is 5.75 Å². The summed E-state index contributed by atoms with van der Waals surface area (Å²) in [5.74, 6) is -0.0140. The number of halogens is 1. The molecule has 1 aliphatic heterocycles. The van der Waals surface area contributed by atoms with Gasteiger partial charge in [-0.15, -0.1) is 0 Å². The molecule has 25 heavy (non-hydrogen) atoms. The van der Waals surface area contributed by atoms with E-state index in [0.717, 1.165) is 9.37 Å². The van der Waals surface area contributed by atoms with Crippen molar-refractivity contribution in [2.45, 2.75) is 0 Å². The second-order valence-electron chi connectivity index (χ2n) is 5.09. The molecule has 1 saturated heterocycles. The summed E-state index contributed by atoms with van der Waals surface area (Å²) in [6, 6.07) is 15.2. The Morgan fingerprint density at radius 2 is 1.96 bits per heavy atom. The number of nitriles is 1. The number of ether oxygens (including phenoxy) is 1. The third-order valence-corrected chi connectivity index (χ3v) is 3.95. The molecule has 0 unspecified atom stereocenters. The van der Waals surface area contributed by atoms with Gasteiger partial charge in [-0.3, -0.25) is 4.79 Å². The van der Waals surface area contributed by atoms with Crippen molar-refractivity contribution >= 4 is 39.6 Å². The Hall–Kier alpha value is -3.11. The van der Waals surface area contributed by atoms with E-state index >= 15 is 0 Å². The molecule has 3 amide bonds. The number of amides is 3. The first-order valence-corrected chi connectivity index (χ1v) is 8.11. The van der Waals surface area contributed by atoms with Crippen LogP contribution in [-0.4, -0.2) is 18.5 Å². The van der Waals surface area contributed by atoms with Crippen LogP contribution < -0.4 is 15.0 Å². The highest BCUT2D eigenvalue weighted by molar-refractivity contribution is 9.10. The Bertz CT molecular complexity index is 904. The van der Waals surface area contributed by atoms with E-state index in [2.05, 4.69) is 21.2 Å². The molecular formula is C18H12BrN3O3. The number of carbonyl (C=O) groups excluding carboxylic acids is 2. The van der Waals surface area contributed by atoms with E-state index < -0.39 is 11.9 Å². The lowest BCUT2D eigenvalue weighted by atomic mass is 10.1. The molecule has 0 spiro atoms. The van der Waals surface area contributed by atoms with Crippen LogP contribution in [0.1, 0.15) is 5.56 Å². The van der Waals surface area contributed by atoms with Crippen LogP contribution in [-0.2, 0) is 4.79 Å². The lowest BCUT2D eigenvalue weighted by Gasteiger charge is -2.11. The smallest absolute Gasteiger partial charge is 0.333 e. The van der Waals surface area contributed by atoms with Gasteiger partial charge in [0, 0.05) is 10.0 Å². The molecule has 124 valence electrons. The van der Waals surface area contributed by atoms with E-state index in [9.17, 15) is 9.59 Å². The van der Waals surface area contributed by atoms with Gasteiger partial charge in [-0.2, -0.15) is 5.26 Å². The molecule has 1 N–H and O–H groups in total. The van der Waals surface area contributed by atoms with E-state index in [1.54, 1.807) is 48.5 Å². The molecule has 2 aromatic carbocycles. The Morgan fingerprint density at radius 1 is 1.20 bits per heavy atom. The Labute approximate surface area is 152 Å². The number of para-hydroxylation sites is 1. The van der Waals surface area contributed by atoms with Crippen molar-refractivity contribution in [2.24, 2.45) is 0 Å². The number of anilines is 1. The molecule has 0 radical (unpaired) electrons. The van der Waals surface area contributed by atoms with Gasteiger partial charge in [-0.1, -0.05) is 34.1 Å². The zero-order valence-corrected chi connectivity index (χ0v) is 14.5. The number of urea groups is 1. The first kappa shape index (κ1) is 16.7. The monoisotopic (exact) mass is 397 g/mol. The number of imide groups is 1. The van der Waals surface area contributed by atoms with Gasteiger partial charge in [0.05, 0.1) is 5.69 Å². The minimum Gasteiger partial charge on any atom is -0.478 e. The van der Waals surface area contributed by atoms with E-state index in [4.69, 9.17) is 10.00 Å². The number of nitrogens with zero attached hydrogens (tertiary/aromatic N) is 2. The molecule has 0 bridgehead atoms. The van der Waals surface area contributed by atoms with Gasteiger partial charge in [0.15, 0.2) is 6.61 Å². The highest BCUT2D eigenvalue weighted by Crippen LogP contribution is 2.27. The lowest BCUT2D eigenvalue weighted by molar-refractivity contribution is -0.113. The van der Waals surface area contributed by atoms with Gasteiger partial charge >= 0.3 is 6.03 Å². The van der Waals surface area contributed by atoms with Crippen LogP contribution in [0.2, 0.25) is 0 Å². The predicted molar refractivity (Wildman–Crippen MR) is 95.7 cm³/mol. The summed E-state index contributed by atoms with van der Waals surface area (Å²) < 4.78 is 6.14. The van der Waals surface area contributed by atoms with E-state index in [-0.39, 0.29) is 12.3 Å². The minimum atomic E-state index is -0.517. The zero-order chi connectivity index (χ0) is 17.8. The summed E-state index contributed by atoms with van der Waals surface area (Å²) in [6.45, 7) is -0.117. The van der Waals surface area contributed by atoms with Crippen molar-refractivity contribution in [3.8, 4) is 11.8 Å². The summed E-state index contributed by atoms with van der Waals surface area (Å²) in [5.41, 5.74) is 1.19. The molecule has 1 aliphatic rings. The van der Waals surface area contributed by atoms with Crippen molar-refractivity contribution in [1.82, 2.24) is 5.32 Å². The average Bonchev–Trinajstić information content (AvgIpc) is 2.88. The first-order chi connectivity index (χ1) is 12.1. The fourth-order valence-corrected chi connectivity index (χ4v) is 2.75. The molecule has 0 saturated carbocycles. The standard InChI is InChI=1S/C18H12BrN3O3/c19-13-6-7-16(25-9-8-20)12(10-13)11-15-17(23)22(18(24)21-15)14-4-2-1-3-5-14/h1-7,10-11H,9H2,(H,21,24)/b15-11+. The van der Waals surface area contributed by atoms with E-state index in [1.165, 1.54) is 6.08 Å². The number of rotatable bonds is 4. The largest absolute Gasteiger partial charge is 0.478 e. The normalized spacial score (nSPS) is 15.2. The quantitative estimate of drug-likeness (QED) is 0.632. The van der Waals surface area contributed by atoms with E-state index in [1.807, 2.05) is 6.07 Å². The maximum atomic E-state index is 12.6. The number of nitrogens with one attached hydrogen (secondary N) is 1. The third-order valence-electron chi connectivity index (χ3n) is 3.46. The summed E-state index contributed by atoms with van der Waals surface area (Å²) in [6.07, 6.45) is 1.53. The fraction of sp³-hybridized carbons (Fsp3) is 0.0556. The summed E-state index contributed by atoms with van der Waals surface area (Å²) >= 11 is 3.36. The van der Waals surface area contributed by atoms with Gasteiger partial charge in [0.25, 0.3) is 5.91 Å². The highest BCUT2D eigenvalue weighted by atomic mass is 79.9. The van der Waals surface area contributed by atoms with Gasteiger partial charge in [-0.25, -0.2) is 9.69 Å². The van der Waals surface area contributed by atoms with Gasteiger partial charge in [-0.05, 0) is 36.4 Å². The molecule has 2 aromatic rings. The van der Waals surface area contributed by atoms with Gasteiger partial charge in [0.1, 0.15) is 17.5 Å². The Morgan fingerprint density at radius 3 is 2.68 bits per heavy atom. The van der Waals surface area contributed by atoms with Crippen molar-refractivity contribution in [2.75, 3.05) is 11.5 Å². The summed E-state index contributed by atoms with van der Waals surface area (Å²) in [7, 11) is 0. The Balaban J connectivity index is 1.95. The number of hydrogen-bond acceptors (Lipinski definition) is 4. The van der Waals surface area contributed by atoms with Crippen LogP contribution in [0, 0.1) is 11.3 Å². The van der Waals surface area contributed by atoms with E-state index in [0.29, 0.717) is 17.0 Å². The van der Waals surface area contributed by atoms with Crippen molar-refractivity contribution in [1.29, 1.82) is 5.26 Å². The molecule has 0 aromatic heterocycles. The second kappa shape index (κ2) is 7.20. The molecular weight excluding hydrogens is 386 g/mol. The topological polar surface area (TPSA) is 82.4 Å². The van der Waals surface area contributed by atoms with Gasteiger partial charge in [0.2, 0.25) is 0 Å². The van der Waals surface area contributed by atoms with Crippen molar-refractivity contribution in [3.05, 3.63) is 64.3 Å².